The Labute approximate surface area is 95.4 Å². The van der Waals surface area contributed by atoms with Crippen molar-refractivity contribution in [1.82, 2.24) is 0 Å². The van der Waals surface area contributed by atoms with E-state index in [0.717, 1.165) is 13.8 Å². The number of esters is 2. The lowest BCUT2D eigenvalue weighted by Gasteiger charge is -2.16. The van der Waals surface area contributed by atoms with Crippen molar-refractivity contribution < 1.29 is 38.9 Å². The van der Waals surface area contributed by atoms with Crippen molar-refractivity contribution in [3.8, 4) is 0 Å². The van der Waals surface area contributed by atoms with E-state index in [1.807, 2.05) is 0 Å². The molecule has 0 atom stereocenters. The number of carboxylic acids is 2. The van der Waals surface area contributed by atoms with Crippen LogP contribution in [0.15, 0.2) is 11.6 Å². The molecule has 0 rings (SSSR count). The van der Waals surface area contributed by atoms with Crippen molar-refractivity contribution in [2.75, 3.05) is 0 Å². The molecule has 0 aromatic carbocycles. The van der Waals surface area contributed by atoms with Crippen LogP contribution in [0.4, 0.5) is 0 Å². The number of ether oxygens (including phenoxy) is 2. The molecular weight excluding hydrogens is 236 g/mol. The molecule has 0 saturated heterocycles. The number of hydrogen-bond donors (Lipinski definition) is 2. The summed E-state index contributed by atoms with van der Waals surface area (Å²) in [6.07, 6.45) is -1.61. The highest BCUT2D eigenvalue weighted by atomic mass is 16.7. The fraction of sp³-hybridized carbons (Fsp3) is 0.333. The third-order valence-electron chi connectivity index (χ3n) is 1.33. The van der Waals surface area contributed by atoms with E-state index < -0.39 is 35.7 Å². The number of hydrogen-bond acceptors (Lipinski definition) is 6. The minimum absolute atomic E-state index is 0.277. The van der Waals surface area contributed by atoms with Gasteiger partial charge in [0.1, 0.15) is 5.57 Å². The summed E-state index contributed by atoms with van der Waals surface area (Å²) in [5, 5.41) is 17.1. The molecule has 17 heavy (non-hydrogen) atoms. The van der Waals surface area contributed by atoms with Gasteiger partial charge in [-0.05, 0) is 0 Å². The van der Waals surface area contributed by atoms with Gasteiger partial charge in [-0.1, -0.05) is 0 Å². The smallest absolute Gasteiger partial charge is 0.339 e. The van der Waals surface area contributed by atoms with Gasteiger partial charge in [-0.25, -0.2) is 9.59 Å². The fourth-order valence-electron chi connectivity index (χ4n) is 0.816. The van der Waals surface area contributed by atoms with E-state index in [1.54, 1.807) is 0 Å². The van der Waals surface area contributed by atoms with Gasteiger partial charge >= 0.3 is 23.9 Å². The standard InChI is InChI=1S/C9H10O8/c1-4(10)16-9(17-5(2)11)6(8(14)15)3-7(12)13/h3,9H,1-2H3,(H,12,13)(H,14,15)/b6-3-. The molecule has 0 spiro atoms. The first kappa shape index (κ1) is 14.6. The molecule has 94 valence electrons. The van der Waals surface area contributed by atoms with E-state index in [-0.39, 0.29) is 6.08 Å². The molecule has 0 fully saturated rings. The van der Waals surface area contributed by atoms with Gasteiger partial charge in [-0.3, -0.25) is 9.59 Å². The second kappa shape index (κ2) is 6.26. The van der Waals surface area contributed by atoms with Crippen molar-refractivity contribution >= 4 is 23.9 Å². The Balaban J connectivity index is 5.20. The van der Waals surface area contributed by atoms with Gasteiger partial charge in [0.15, 0.2) is 0 Å². The van der Waals surface area contributed by atoms with Crippen LogP contribution in [-0.2, 0) is 28.7 Å². The third kappa shape index (κ3) is 5.92. The van der Waals surface area contributed by atoms with Crippen LogP contribution in [0.1, 0.15) is 13.8 Å². The average molecular weight is 246 g/mol. The van der Waals surface area contributed by atoms with E-state index >= 15 is 0 Å². The average Bonchev–Trinajstić information content (AvgIpc) is 2.10. The number of carbonyl (C=O) groups excluding carboxylic acids is 2. The van der Waals surface area contributed by atoms with Crippen molar-refractivity contribution in [3.63, 3.8) is 0 Å². The molecule has 0 aliphatic heterocycles. The highest BCUT2D eigenvalue weighted by Gasteiger charge is 2.27. The van der Waals surface area contributed by atoms with Crippen LogP contribution in [0.25, 0.3) is 0 Å². The molecule has 0 aromatic heterocycles. The highest BCUT2D eigenvalue weighted by Crippen LogP contribution is 2.10. The lowest BCUT2D eigenvalue weighted by molar-refractivity contribution is -0.179. The van der Waals surface area contributed by atoms with Crippen LogP contribution < -0.4 is 0 Å². The molecule has 0 saturated carbocycles. The van der Waals surface area contributed by atoms with Gasteiger partial charge in [0, 0.05) is 19.9 Å². The Morgan fingerprint density at radius 2 is 1.41 bits per heavy atom. The van der Waals surface area contributed by atoms with Gasteiger partial charge in [0.25, 0.3) is 6.29 Å². The van der Waals surface area contributed by atoms with Crippen molar-refractivity contribution in [3.05, 3.63) is 11.6 Å². The molecule has 0 unspecified atom stereocenters. The topological polar surface area (TPSA) is 127 Å². The largest absolute Gasteiger partial charge is 0.478 e. The lowest BCUT2D eigenvalue weighted by Crippen LogP contribution is -2.29. The second-order valence-corrected chi connectivity index (χ2v) is 2.79. The number of carboxylic acid groups (broad SMARTS) is 2. The Hall–Kier alpha value is -2.38. The summed E-state index contributed by atoms with van der Waals surface area (Å²) < 4.78 is 8.78. The first-order valence-corrected chi connectivity index (χ1v) is 4.26. The minimum atomic E-state index is -1.89. The van der Waals surface area contributed by atoms with Crippen LogP contribution in [0.2, 0.25) is 0 Å². The van der Waals surface area contributed by atoms with Crippen LogP contribution >= 0.6 is 0 Å². The van der Waals surface area contributed by atoms with Crippen LogP contribution in [0, 0.1) is 0 Å². The van der Waals surface area contributed by atoms with Gasteiger partial charge in [0.2, 0.25) is 0 Å². The zero-order valence-corrected chi connectivity index (χ0v) is 9.00. The van der Waals surface area contributed by atoms with Crippen LogP contribution in [-0.4, -0.2) is 40.4 Å². The van der Waals surface area contributed by atoms with Crippen LogP contribution in [0.5, 0.6) is 0 Å². The Morgan fingerprint density at radius 1 is 1.00 bits per heavy atom. The molecule has 0 aliphatic rings. The molecular formula is C9H10O8. The first-order chi connectivity index (χ1) is 7.73. The predicted octanol–water partition coefficient (Wildman–Crippen LogP) is -0.466. The zero-order chi connectivity index (χ0) is 13.6. The van der Waals surface area contributed by atoms with Crippen molar-refractivity contribution in [2.45, 2.75) is 20.1 Å². The monoisotopic (exact) mass is 246 g/mol. The SMILES string of the molecule is CC(=O)OC(OC(C)=O)/C(=C\C(=O)O)C(=O)O. The van der Waals surface area contributed by atoms with Gasteiger partial charge < -0.3 is 19.7 Å². The number of carbonyl (C=O) groups is 4. The normalized spacial score (nSPS) is 10.9. The van der Waals surface area contributed by atoms with Crippen LogP contribution in [0.3, 0.4) is 0 Å². The summed E-state index contributed by atoms with van der Waals surface area (Å²) in [6, 6.07) is 0. The summed E-state index contributed by atoms with van der Waals surface area (Å²) in [5.74, 6) is -5.10. The maximum absolute atomic E-state index is 10.7. The maximum atomic E-state index is 10.7. The maximum Gasteiger partial charge on any atom is 0.339 e. The zero-order valence-electron chi connectivity index (χ0n) is 9.00. The van der Waals surface area contributed by atoms with E-state index in [0.29, 0.717) is 0 Å². The molecule has 2 N–H and O–H groups in total. The lowest BCUT2D eigenvalue weighted by atomic mass is 10.2. The Kier molecular flexibility index (Phi) is 5.38. The predicted molar refractivity (Wildman–Crippen MR) is 50.7 cm³/mol. The summed E-state index contributed by atoms with van der Waals surface area (Å²) in [7, 11) is 0. The minimum Gasteiger partial charge on any atom is -0.478 e. The van der Waals surface area contributed by atoms with Gasteiger partial charge in [-0.2, -0.15) is 0 Å². The molecule has 0 bridgehead atoms. The Morgan fingerprint density at radius 3 is 1.65 bits per heavy atom. The summed E-state index contributed by atoms with van der Waals surface area (Å²) >= 11 is 0. The van der Waals surface area contributed by atoms with Crippen molar-refractivity contribution in [1.29, 1.82) is 0 Å². The van der Waals surface area contributed by atoms with E-state index in [2.05, 4.69) is 9.47 Å². The Bertz CT molecular complexity index is 364. The molecule has 8 heteroatoms. The highest BCUT2D eigenvalue weighted by molar-refractivity contribution is 5.95. The molecule has 0 amide bonds. The number of aliphatic carboxylic acids is 2. The van der Waals surface area contributed by atoms with E-state index in [1.165, 1.54) is 0 Å². The first-order valence-electron chi connectivity index (χ1n) is 4.26. The molecule has 0 aromatic rings. The fourth-order valence-corrected chi connectivity index (χ4v) is 0.816. The van der Waals surface area contributed by atoms with Gasteiger partial charge in [0.05, 0.1) is 0 Å². The van der Waals surface area contributed by atoms with Gasteiger partial charge in [-0.15, -0.1) is 0 Å². The van der Waals surface area contributed by atoms with E-state index in [4.69, 9.17) is 10.2 Å². The summed E-state index contributed by atoms with van der Waals surface area (Å²) in [5.41, 5.74) is -0.872. The summed E-state index contributed by atoms with van der Waals surface area (Å²) in [6.45, 7) is 1.91. The van der Waals surface area contributed by atoms with Crippen molar-refractivity contribution in [2.24, 2.45) is 0 Å². The quantitative estimate of drug-likeness (QED) is 0.378. The summed E-state index contributed by atoms with van der Waals surface area (Å²) in [4.78, 5) is 42.4. The third-order valence-corrected chi connectivity index (χ3v) is 1.33. The molecule has 0 heterocycles. The van der Waals surface area contributed by atoms with E-state index in [9.17, 15) is 19.2 Å². The second-order valence-electron chi connectivity index (χ2n) is 2.79. The molecule has 0 radical (unpaired) electrons. The molecule has 0 aliphatic carbocycles. The number of rotatable bonds is 5. The molecule has 8 nitrogen and oxygen atoms in total.